The van der Waals surface area contributed by atoms with Gasteiger partial charge in [0.25, 0.3) is 0 Å². The van der Waals surface area contributed by atoms with E-state index in [2.05, 4.69) is 93.7 Å². The van der Waals surface area contributed by atoms with E-state index in [1.165, 1.54) is 109 Å². The van der Waals surface area contributed by atoms with Crippen molar-refractivity contribution >= 4 is 17.9 Å². The summed E-state index contributed by atoms with van der Waals surface area (Å²) in [6.45, 7) is 6.48. The maximum atomic E-state index is 12.8. The van der Waals surface area contributed by atoms with Gasteiger partial charge in [0, 0.05) is 19.3 Å². The molecular weight excluding hydrogens is 781 g/mol. The second-order valence-corrected chi connectivity index (χ2v) is 17.4. The van der Waals surface area contributed by atoms with Crippen LogP contribution < -0.4 is 0 Å². The first kappa shape index (κ1) is 59.9. The Morgan fingerprint density at radius 1 is 0.333 bits per heavy atom. The zero-order chi connectivity index (χ0) is 45.8. The molecule has 0 amide bonds. The van der Waals surface area contributed by atoms with Crippen molar-refractivity contribution in [2.45, 2.75) is 258 Å². The van der Waals surface area contributed by atoms with Crippen LogP contribution in [0.3, 0.4) is 0 Å². The number of rotatable bonds is 47. The van der Waals surface area contributed by atoms with E-state index >= 15 is 0 Å². The number of hydrogen-bond acceptors (Lipinski definition) is 6. The zero-order valence-corrected chi connectivity index (χ0v) is 41.3. The van der Waals surface area contributed by atoms with Crippen LogP contribution in [0.4, 0.5) is 0 Å². The monoisotopic (exact) mass is 879 g/mol. The molecule has 1 atom stereocenters. The molecule has 0 fully saturated rings. The molecule has 0 saturated heterocycles. The second kappa shape index (κ2) is 51.5. The SMILES string of the molecule is CC/C=C\C/C=C\C/C=C\C/C=C\C/C=C\CCCCCC(=O)O[C@H](COC(=O)CCCCCCC/C=C\CCCCCC)COC(=O)CCCCCCCCCCCCCCC. The Bertz CT molecular complexity index is 1190. The Labute approximate surface area is 389 Å². The highest BCUT2D eigenvalue weighted by molar-refractivity contribution is 5.71. The Morgan fingerprint density at radius 2 is 0.619 bits per heavy atom. The molecule has 0 heterocycles. The number of hydrogen-bond donors (Lipinski definition) is 0. The quantitative estimate of drug-likeness (QED) is 0.0262. The minimum Gasteiger partial charge on any atom is -0.462 e. The van der Waals surface area contributed by atoms with Crippen molar-refractivity contribution in [2.24, 2.45) is 0 Å². The van der Waals surface area contributed by atoms with Crippen LogP contribution in [-0.2, 0) is 28.6 Å². The first-order valence-electron chi connectivity index (χ1n) is 26.4. The number of carbonyl (C=O) groups excluding carboxylic acids is 3. The Morgan fingerprint density at radius 3 is 1.02 bits per heavy atom. The average molecular weight is 879 g/mol. The Balaban J connectivity index is 4.45. The lowest BCUT2D eigenvalue weighted by atomic mass is 10.0. The Hall–Kier alpha value is -3.15. The predicted octanol–water partition coefficient (Wildman–Crippen LogP) is 17.4. The van der Waals surface area contributed by atoms with Crippen LogP contribution in [0.2, 0.25) is 0 Å². The lowest BCUT2D eigenvalue weighted by Gasteiger charge is -2.18. The molecule has 63 heavy (non-hydrogen) atoms. The van der Waals surface area contributed by atoms with E-state index < -0.39 is 6.10 Å². The summed E-state index contributed by atoms with van der Waals surface area (Å²) in [5, 5.41) is 0. The minimum absolute atomic E-state index is 0.0897. The number of ether oxygens (including phenoxy) is 3. The summed E-state index contributed by atoms with van der Waals surface area (Å²) in [5.74, 6) is -0.928. The molecule has 0 bridgehead atoms. The number of unbranched alkanes of at least 4 members (excludes halogenated alkanes) is 24. The van der Waals surface area contributed by atoms with Crippen LogP contribution in [0.25, 0.3) is 0 Å². The highest BCUT2D eigenvalue weighted by atomic mass is 16.6. The van der Waals surface area contributed by atoms with Gasteiger partial charge in [-0.2, -0.15) is 0 Å². The molecule has 362 valence electrons. The third-order valence-corrected chi connectivity index (χ3v) is 11.2. The number of allylic oxidation sites excluding steroid dienone is 12. The molecule has 0 aliphatic carbocycles. The van der Waals surface area contributed by atoms with Gasteiger partial charge in [-0.1, -0.05) is 216 Å². The first-order valence-corrected chi connectivity index (χ1v) is 26.4. The molecule has 0 aromatic carbocycles. The van der Waals surface area contributed by atoms with Crippen molar-refractivity contribution in [3.63, 3.8) is 0 Å². The largest absolute Gasteiger partial charge is 0.462 e. The summed E-state index contributed by atoms with van der Waals surface area (Å²) in [6, 6.07) is 0. The summed E-state index contributed by atoms with van der Waals surface area (Å²) in [5.41, 5.74) is 0. The Kier molecular flexibility index (Phi) is 48.9. The van der Waals surface area contributed by atoms with Crippen LogP contribution in [0.15, 0.2) is 72.9 Å². The van der Waals surface area contributed by atoms with E-state index in [4.69, 9.17) is 14.2 Å². The van der Waals surface area contributed by atoms with Crippen LogP contribution >= 0.6 is 0 Å². The lowest BCUT2D eigenvalue weighted by molar-refractivity contribution is -0.167. The van der Waals surface area contributed by atoms with E-state index in [1.54, 1.807) is 0 Å². The summed E-state index contributed by atoms with van der Waals surface area (Å²) < 4.78 is 16.8. The van der Waals surface area contributed by atoms with E-state index in [9.17, 15) is 14.4 Å². The fraction of sp³-hybridized carbons (Fsp3) is 0.737. The molecule has 0 rings (SSSR count). The van der Waals surface area contributed by atoms with Gasteiger partial charge < -0.3 is 14.2 Å². The lowest BCUT2D eigenvalue weighted by Crippen LogP contribution is -2.30. The molecule has 0 unspecified atom stereocenters. The predicted molar refractivity (Wildman–Crippen MR) is 270 cm³/mol. The van der Waals surface area contributed by atoms with Gasteiger partial charge in [0.1, 0.15) is 13.2 Å². The molecule has 0 spiro atoms. The number of carbonyl (C=O) groups is 3. The molecule has 6 nitrogen and oxygen atoms in total. The maximum Gasteiger partial charge on any atom is 0.306 e. The molecule has 0 radical (unpaired) electrons. The van der Waals surface area contributed by atoms with E-state index in [0.717, 1.165) is 103 Å². The number of esters is 3. The summed E-state index contributed by atoms with van der Waals surface area (Å²) in [7, 11) is 0. The van der Waals surface area contributed by atoms with Crippen LogP contribution in [-0.4, -0.2) is 37.2 Å². The van der Waals surface area contributed by atoms with Gasteiger partial charge in [-0.3, -0.25) is 14.4 Å². The summed E-state index contributed by atoms with van der Waals surface area (Å²) >= 11 is 0. The normalized spacial score (nSPS) is 12.6. The van der Waals surface area contributed by atoms with Gasteiger partial charge in [0.2, 0.25) is 0 Å². The second-order valence-electron chi connectivity index (χ2n) is 17.4. The van der Waals surface area contributed by atoms with Crippen molar-refractivity contribution in [1.82, 2.24) is 0 Å². The average Bonchev–Trinajstić information content (AvgIpc) is 3.28. The van der Waals surface area contributed by atoms with Gasteiger partial charge in [-0.25, -0.2) is 0 Å². The fourth-order valence-corrected chi connectivity index (χ4v) is 7.23. The van der Waals surface area contributed by atoms with Gasteiger partial charge >= 0.3 is 17.9 Å². The summed E-state index contributed by atoms with van der Waals surface area (Å²) in [4.78, 5) is 38.0. The summed E-state index contributed by atoms with van der Waals surface area (Å²) in [6.07, 6.45) is 64.5. The third-order valence-electron chi connectivity index (χ3n) is 11.2. The van der Waals surface area contributed by atoms with Crippen molar-refractivity contribution in [3.05, 3.63) is 72.9 Å². The molecular formula is C57H98O6. The molecule has 0 aromatic heterocycles. The smallest absolute Gasteiger partial charge is 0.306 e. The highest BCUT2D eigenvalue weighted by Gasteiger charge is 2.19. The van der Waals surface area contributed by atoms with Gasteiger partial charge in [-0.05, 0) is 89.9 Å². The third kappa shape index (κ3) is 49.7. The molecule has 6 heteroatoms. The zero-order valence-electron chi connectivity index (χ0n) is 41.3. The van der Waals surface area contributed by atoms with Gasteiger partial charge in [-0.15, -0.1) is 0 Å². The topological polar surface area (TPSA) is 78.9 Å². The van der Waals surface area contributed by atoms with Crippen molar-refractivity contribution in [3.8, 4) is 0 Å². The first-order chi connectivity index (χ1) is 31.0. The van der Waals surface area contributed by atoms with Crippen molar-refractivity contribution in [1.29, 1.82) is 0 Å². The van der Waals surface area contributed by atoms with Crippen LogP contribution in [0.1, 0.15) is 252 Å². The van der Waals surface area contributed by atoms with E-state index in [0.29, 0.717) is 12.8 Å². The molecule has 0 aliphatic heterocycles. The molecule has 0 aliphatic rings. The van der Waals surface area contributed by atoms with E-state index in [1.807, 2.05) is 0 Å². The highest BCUT2D eigenvalue weighted by Crippen LogP contribution is 2.15. The van der Waals surface area contributed by atoms with Crippen molar-refractivity contribution < 1.29 is 28.6 Å². The fourth-order valence-electron chi connectivity index (χ4n) is 7.23. The molecule has 0 N–H and O–H groups in total. The maximum absolute atomic E-state index is 12.8. The molecule has 0 saturated carbocycles. The van der Waals surface area contributed by atoms with Crippen LogP contribution in [0.5, 0.6) is 0 Å². The molecule has 0 aromatic rings. The minimum atomic E-state index is -0.793. The standard InChI is InChI=1S/C57H98O6/c1-4-7-10-13-16-19-22-25-26-27-28-29-30-33-36-39-42-45-48-51-57(60)63-54(52-61-55(58)49-46-43-40-37-34-31-23-20-17-14-11-8-5-2)53-62-56(59)50-47-44-41-38-35-32-24-21-18-15-12-9-6-3/h7,10,16,19-20,23,25-26,28-29,33,36,54H,4-6,8-9,11-15,17-18,21-22,24,27,30-32,34-35,37-53H2,1-3H3/b10-7-,19-16-,23-20-,26-25-,29-28-,36-33-/t54-/m1/s1. The van der Waals surface area contributed by atoms with Crippen molar-refractivity contribution in [2.75, 3.05) is 13.2 Å². The van der Waals surface area contributed by atoms with Gasteiger partial charge in [0.05, 0.1) is 0 Å². The van der Waals surface area contributed by atoms with E-state index in [-0.39, 0.29) is 37.5 Å². The van der Waals surface area contributed by atoms with Crippen LogP contribution in [0, 0.1) is 0 Å². The van der Waals surface area contributed by atoms with Gasteiger partial charge in [0.15, 0.2) is 6.10 Å².